The van der Waals surface area contributed by atoms with E-state index in [-0.39, 0.29) is 25.8 Å². The minimum Gasteiger partial charge on any atom is -0.393 e. The van der Waals surface area contributed by atoms with Crippen LogP contribution in [0.3, 0.4) is 0 Å². The zero-order valence-corrected chi connectivity index (χ0v) is 53.8. The van der Waals surface area contributed by atoms with Crippen molar-refractivity contribution in [3.05, 3.63) is 0 Å². The zero-order valence-electron chi connectivity index (χ0n) is 53.8. The van der Waals surface area contributed by atoms with Gasteiger partial charge in [0.1, 0.15) is 54.4 Å². The molecule has 6 unspecified atom stereocenters. The number of amides is 13. The summed E-state index contributed by atoms with van der Waals surface area (Å²) in [4.78, 5) is 174. The van der Waals surface area contributed by atoms with Gasteiger partial charge in [0.25, 0.3) is 0 Å². The number of aliphatic hydroxyl groups is 5. The molecule has 1 rings (SSSR count). The summed E-state index contributed by atoms with van der Waals surface area (Å²) >= 11 is 0. The SMILES string of the molecule is CCCCCCCCCCC(O)CCC1NC(=O)[C@H]([C@@H](C)O)NC(=O)[C@@H]([C@@H](C)O)NC(=O)C(CC(O)C(N)=O)NC(=O)[C@@H](C)NC(=O)[C@H](CC(N)=O)NC(=O)[C@@H](CC(N)=O)NC(=O)C(CCCCCCCC(O)CCCCCC)NC(=O)CCNC(=O)CNC1=O. The first-order chi connectivity index (χ1) is 43.0. The van der Waals surface area contributed by atoms with Crippen molar-refractivity contribution in [2.24, 2.45) is 17.2 Å². The highest BCUT2D eigenvalue weighted by Crippen LogP contribution is 2.17. The molecule has 0 aromatic heterocycles. The van der Waals surface area contributed by atoms with Crippen molar-refractivity contribution in [1.29, 1.82) is 0 Å². The second-order valence-electron chi connectivity index (χ2n) is 23.7. The van der Waals surface area contributed by atoms with Crippen LogP contribution in [0.25, 0.3) is 0 Å². The lowest BCUT2D eigenvalue weighted by Crippen LogP contribution is -2.63. The average molecular weight is 1300 g/mol. The Morgan fingerprint density at radius 3 is 1.32 bits per heavy atom. The van der Waals surface area contributed by atoms with Gasteiger partial charge in [-0.05, 0) is 59.3 Å². The summed E-state index contributed by atoms with van der Waals surface area (Å²) in [6.07, 6.45) is 6.31. The first-order valence-electron chi connectivity index (χ1n) is 32.2. The smallest absolute Gasteiger partial charge is 0.246 e. The van der Waals surface area contributed by atoms with Gasteiger partial charge in [-0.1, -0.05) is 123 Å². The number of hydrogen-bond donors (Lipinski definition) is 18. The lowest BCUT2D eigenvalue weighted by Gasteiger charge is -2.29. The summed E-state index contributed by atoms with van der Waals surface area (Å²) in [6, 6.07) is -14.4. The third-order valence-corrected chi connectivity index (χ3v) is 15.4. The highest BCUT2D eigenvalue weighted by molar-refractivity contribution is 6.00. The second-order valence-corrected chi connectivity index (χ2v) is 23.7. The van der Waals surface area contributed by atoms with Crippen LogP contribution < -0.4 is 70.4 Å². The van der Waals surface area contributed by atoms with Gasteiger partial charge in [0.15, 0.2) is 0 Å². The molecule has 31 nitrogen and oxygen atoms in total. The molecular formula is C60H107N13O18. The predicted octanol–water partition coefficient (Wildman–Crippen LogP) is -3.00. The van der Waals surface area contributed by atoms with Gasteiger partial charge in [0, 0.05) is 19.4 Å². The number of primary amides is 3. The highest BCUT2D eigenvalue weighted by Gasteiger charge is 2.38. The van der Waals surface area contributed by atoms with Gasteiger partial charge in [0.2, 0.25) is 76.8 Å². The molecule has 91 heavy (non-hydrogen) atoms. The van der Waals surface area contributed by atoms with Gasteiger partial charge in [0.05, 0.1) is 43.8 Å². The summed E-state index contributed by atoms with van der Waals surface area (Å²) in [5.41, 5.74) is 16.1. The fourth-order valence-electron chi connectivity index (χ4n) is 9.88. The van der Waals surface area contributed by atoms with Crippen LogP contribution in [-0.4, -0.2) is 194 Å². The molecule has 21 N–H and O–H groups in total. The van der Waals surface area contributed by atoms with Crippen LogP contribution in [0.1, 0.15) is 208 Å². The molecule has 31 heteroatoms. The number of nitrogens with one attached hydrogen (secondary N) is 10. The molecule has 1 aliphatic heterocycles. The quantitative estimate of drug-likeness (QED) is 0.0286. The Bertz CT molecular complexity index is 2330. The summed E-state index contributed by atoms with van der Waals surface area (Å²) in [6.45, 7) is 6.34. The van der Waals surface area contributed by atoms with E-state index in [0.717, 1.165) is 104 Å². The van der Waals surface area contributed by atoms with Crippen molar-refractivity contribution in [3.63, 3.8) is 0 Å². The number of carbonyl (C=O) groups is 13. The first kappa shape index (κ1) is 81.9. The average Bonchev–Trinajstić information content (AvgIpc) is 2.42. The van der Waals surface area contributed by atoms with Crippen molar-refractivity contribution in [3.8, 4) is 0 Å². The van der Waals surface area contributed by atoms with Gasteiger partial charge in [-0.2, -0.15) is 0 Å². The number of carbonyl (C=O) groups excluding carboxylic acids is 13. The van der Waals surface area contributed by atoms with E-state index in [1.807, 2.05) is 0 Å². The minimum absolute atomic E-state index is 0.0169. The fourth-order valence-corrected chi connectivity index (χ4v) is 9.88. The van der Waals surface area contributed by atoms with E-state index < -0.39 is 188 Å². The molecule has 0 radical (unpaired) electrons. The van der Waals surface area contributed by atoms with Crippen LogP contribution in [0.15, 0.2) is 0 Å². The number of unbranched alkanes of at least 4 members (excludes halogenated alkanes) is 14. The van der Waals surface area contributed by atoms with Crippen molar-refractivity contribution in [1.82, 2.24) is 53.2 Å². The van der Waals surface area contributed by atoms with E-state index in [2.05, 4.69) is 67.0 Å². The third kappa shape index (κ3) is 35.9. The lowest BCUT2D eigenvalue weighted by molar-refractivity contribution is -0.139. The van der Waals surface area contributed by atoms with E-state index >= 15 is 0 Å². The molecule has 1 fully saturated rings. The van der Waals surface area contributed by atoms with Gasteiger partial charge in [-0.3, -0.25) is 62.3 Å². The molecule has 1 aliphatic rings. The Balaban J connectivity index is 3.77. The van der Waals surface area contributed by atoms with Crippen LogP contribution in [0.5, 0.6) is 0 Å². The first-order valence-corrected chi connectivity index (χ1v) is 32.2. The van der Waals surface area contributed by atoms with Crippen molar-refractivity contribution in [2.45, 2.75) is 287 Å². The number of nitrogens with two attached hydrogens (primary N) is 3. The van der Waals surface area contributed by atoms with E-state index in [1.165, 1.54) is 0 Å². The van der Waals surface area contributed by atoms with Crippen LogP contribution in [0.2, 0.25) is 0 Å². The van der Waals surface area contributed by atoms with Crippen molar-refractivity contribution >= 4 is 76.8 Å². The number of rotatable bonds is 34. The maximum atomic E-state index is 14.1. The molecule has 13 amide bonds. The zero-order chi connectivity index (χ0) is 68.6. The standard InChI is InChI=1S/C60H107N13O18/c1-6-8-10-12-13-14-16-21-25-39(77)27-28-41-54(85)65-34-49(82)64-30-29-48(81)67-40(26-22-18-15-17-20-24-38(76)23-19-11-9-7-2)55(86)70-44(33-47(62)80)57(88)71-43(32-46(61)79)56(87)66-35(3)53(84)69-42(31-45(78)52(63)83)58(89)72-51(37(5)75)60(91)73-50(36(4)74)59(90)68-41/h35-45,50-51,74-78H,6-34H2,1-5H3,(H2,61,79)(H2,62,80)(H2,63,83)(H,64,82)(H,65,85)(H,66,87)(H,67,81)(H,68,90)(H,69,84)(H,70,86)(H,71,88)(H,72,89)(H,73,91)/t35-,36-,37-,38?,39?,40?,41?,42?,43+,44-,45?,50+,51-/m1/s1. The van der Waals surface area contributed by atoms with E-state index in [4.69, 9.17) is 17.2 Å². The molecule has 0 aliphatic carbocycles. The van der Waals surface area contributed by atoms with Crippen molar-refractivity contribution < 1.29 is 87.9 Å². The third-order valence-electron chi connectivity index (χ3n) is 15.4. The van der Waals surface area contributed by atoms with E-state index in [9.17, 15) is 87.9 Å². The second kappa shape index (κ2) is 46.0. The highest BCUT2D eigenvalue weighted by atomic mass is 16.3. The molecule has 0 spiro atoms. The molecule has 1 saturated heterocycles. The molecule has 13 atom stereocenters. The van der Waals surface area contributed by atoms with Crippen LogP contribution in [0.4, 0.5) is 0 Å². The monoisotopic (exact) mass is 1300 g/mol. The lowest BCUT2D eigenvalue weighted by atomic mass is 10.0. The normalized spacial score (nSPS) is 23.7. The summed E-state index contributed by atoms with van der Waals surface area (Å²) in [5, 5.41) is 76.6. The molecule has 0 bridgehead atoms. The van der Waals surface area contributed by atoms with Gasteiger partial charge in [-0.25, -0.2) is 0 Å². The maximum absolute atomic E-state index is 14.1. The summed E-state index contributed by atoms with van der Waals surface area (Å²) in [5.74, 6) is -14.9. The van der Waals surface area contributed by atoms with Gasteiger partial charge < -0.3 is 95.9 Å². The van der Waals surface area contributed by atoms with E-state index in [1.54, 1.807) is 0 Å². The molecule has 1 heterocycles. The van der Waals surface area contributed by atoms with Gasteiger partial charge in [-0.15, -0.1) is 0 Å². The molecule has 0 aromatic rings. The van der Waals surface area contributed by atoms with Crippen LogP contribution in [-0.2, 0) is 62.3 Å². The van der Waals surface area contributed by atoms with Crippen molar-refractivity contribution in [2.75, 3.05) is 13.1 Å². The Morgan fingerprint density at radius 1 is 0.429 bits per heavy atom. The topological polar surface area (TPSA) is 521 Å². The number of hydrogen-bond acceptors (Lipinski definition) is 18. The predicted molar refractivity (Wildman–Crippen MR) is 332 cm³/mol. The molecule has 520 valence electrons. The Hall–Kier alpha value is -7.09. The molecular weight excluding hydrogens is 1190 g/mol. The molecule has 0 aromatic carbocycles. The Labute approximate surface area is 533 Å². The molecule has 0 saturated carbocycles. The Kier molecular flexibility index (Phi) is 41.5. The van der Waals surface area contributed by atoms with Crippen LogP contribution in [0, 0.1) is 0 Å². The van der Waals surface area contributed by atoms with E-state index in [0.29, 0.717) is 44.9 Å². The largest absolute Gasteiger partial charge is 0.393 e. The number of aliphatic hydroxyl groups excluding tert-OH is 5. The van der Waals surface area contributed by atoms with Gasteiger partial charge >= 0.3 is 0 Å². The fraction of sp³-hybridized carbons (Fsp3) is 0.783. The Morgan fingerprint density at radius 2 is 0.824 bits per heavy atom. The minimum atomic E-state index is -2.15. The summed E-state index contributed by atoms with van der Waals surface area (Å²) in [7, 11) is 0. The summed E-state index contributed by atoms with van der Waals surface area (Å²) < 4.78 is 0. The maximum Gasteiger partial charge on any atom is 0.246 e. The van der Waals surface area contributed by atoms with Crippen LogP contribution >= 0.6 is 0 Å².